The molecule has 0 bridgehead atoms. The fraction of sp³-hybridized carbons (Fsp3) is 0.467. The summed E-state index contributed by atoms with van der Waals surface area (Å²) in [4.78, 5) is 16.7. The molecule has 1 aromatic carbocycles. The standard InChI is InChI=1S/C15H17Cl2NO2/c1-20-18-15(7-5-12(19)8-10-2-3-10)11-4-6-13(16)14(17)9-11/h4,6,9-10H,2-3,5,7-8H2,1H3/b18-15-. The number of Topliss-reactive ketones (excluding diaryl/α,β-unsaturated/α-hetero) is 1. The van der Waals surface area contributed by atoms with E-state index in [0.29, 0.717) is 35.2 Å². The van der Waals surface area contributed by atoms with Gasteiger partial charge in [0, 0.05) is 24.8 Å². The summed E-state index contributed by atoms with van der Waals surface area (Å²) in [7, 11) is 1.49. The number of ketones is 1. The van der Waals surface area contributed by atoms with Crippen LogP contribution < -0.4 is 0 Å². The van der Waals surface area contributed by atoms with Gasteiger partial charge in [-0.3, -0.25) is 4.79 Å². The van der Waals surface area contributed by atoms with E-state index in [2.05, 4.69) is 5.16 Å². The number of hydrogen-bond acceptors (Lipinski definition) is 3. The molecule has 3 nitrogen and oxygen atoms in total. The topological polar surface area (TPSA) is 38.7 Å². The second-order valence-electron chi connectivity index (χ2n) is 5.04. The van der Waals surface area contributed by atoms with Crippen molar-refractivity contribution in [1.29, 1.82) is 0 Å². The summed E-state index contributed by atoms with van der Waals surface area (Å²) in [5, 5.41) is 4.96. The summed E-state index contributed by atoms with van der Waals surface area (Å²) in [6.07, 6.45) is 4.12. The number of carbonyl (C=O) groups is 1. The second-order valence-corrected chi connectivity index (χ2v) is 5.85. The fourth-order valence-corrected chi connectivity index (χ4v) is 2.33. The monoisotopic (exact) mass is 313 g/mol. The summed E-state index contributed by atoms with van der Waals surface area (Å²) in [6, 6.07) is 5.29. The van der Waals surface area contributed by atoms with Gasteiger partial charge in [0.2, 0.25) is 0 Å². The molecule has 1 aliphatic carbocycles. The van der Waals surface area contributed by atoms with Crippen LogP contribution in [-0.4, -0.2) is 18.6 Å². The van der Waals surface area contributed by atoms with Crippen LogP contribution in [0, 0.1) is 5.92 Å². The Morgan fingerprint density at radius 2 is 2.05 bits per heavy atom. The average molecular weight is 314 g/mol. The SMILES string of the molecule is CO/N=C(/CCC(=O)CC1CC1)c1ccc(Cl)c(Cl)c1. The molecule has 0 N–H and O–H groups in total. The molecule has 1 aromatic rings. The Morgan fingerprint density at radius 3 is 2.65 bits per heavy atom. The van der Waals surface area contributed by atoms with E-state index >= 15 is 0 Å². The molecular formula is C15H17Cl2NO2. The number of benzene rings is 1. The number of oxime groups is 1. The van der Waals surface area contributed by atoms with E-state index in [0.717, 1.165) is 11.3 Å². The van der Waals surface area contributed by atoms with E-state index in [4.69, 9.17) is 28.0 Å². The van der Waals surface area contributed by atoms with Crippen molar-refractivity contribution in [2.45, 2.75) is 32.1 Å². The second kappa shape index (κ2) is 7.09. The summed E-state index contributed by atoms with van der Waals surface area (Å²) in [5.74, 6) is 0.909. The highest BCUT2D eigenvalue weighted by Crippen LogP contribution is 2.33. The minimum absolute atomic E-state index is 0.288. The van der Waals surface area contributed by atoms with Gasteiger partial charge in [0.1, 0.15) is 12.9 Å². The third-order valence-electron chi connectivity index (χ3n) is 3.31. The zero-order valence-electron chi connectivity index (χ0n) is 11.4. The maximum absolute atomic E-state index is 11.8. The Labute approximate surface area is 128 Å². The number of halogens is 2. The zero-order chi connectivity index (χ0) is 14.5. The van der Waals surface area contributed by atoms with Crippen molar-refractivity contribution >= 4 is 34.7 Å². The normalized spacial score (nSPS) is 15.2. The van der Waals surface area contributed by atoms with Crippen LogP contribution in [0.25, 0.3) is 0 Å². The third kappa shape index (κ3) is 4.50. The molecule has 1 saturated carbocycles. The van der Waals surface area contributed by atoms with Gasteiger partial charge < -0.3 is 4.84 Å². The Bertz CT molecular complexity index is 525. The number of carbonyl (C=O) groups excluding carboxylic acids is 1. The first-order valence-corrected chi connectivity index (χ1v) is 7.43. The molecule has 0 spiro atoms. The number of nitrogens with zero attached hydrogens (tertiary/aromatic N) is 1. The molecule has 2 rings (SSSR count). The Kier molecular flexibility index (Phi) is 5.44. The molecule has 1 aliphatic rings. The smallest absolute Gasteiger partial charge is 0.133 e. The van der Waals surface area contributed by atoms with Gasteiger partial charge in [0.15, 0.2) is 0 Å². The predicted molar refractivity (Wildman–Crippen MR) is 81.6 cm³/mol. The van der Waals surface area contributed by atoms with Gasteiger partial charge in [-0.15, -0.1) is 0 Å². The molecule has 0 aliphatic heterocycles. The lowest BCUT2D eigenvalue weighted by atomic mass is 10.0. The summed E-state index contributed by atoms with van der Waals surface area (Å²) < 4.78 is 0. The van der Waals surface area contributed by atoms with Crippen molar-refractivity contribution in [2.75, 3.05) is 7.11 Å². The van der Waals surface area contributed by atoms with Crippen LogP contribution in [0.5, 0.6) is 0 Å². The Balaban J connectivity index is 2.00. The molecule has 0 unspecified atom stereocenters. The van der Waals surface area contributed by atoms with Crippen molar-refractivity contribution in [3.8, 4) is 0 Å². The molecule has 0 amide bonds. The van der Waals surface area contributed by atoms with Crippen LogP contribution in [0.15, 0.2) is 23.4 Å². The summed E-state index contributed by atoms with van der Waals surface area (Å²) in [5.41, 5.74) is 1.55. The van der Waals surface area contributed by atoms with Gasteiger partial charge >= 0.3 is 0 Å². The maximum Gasteiger partial charge on any atom is 0.133 e. The Morgan fingerprint density at radius 1 is 1.30 bits per heavy atom. The number of rotatable bonds is 7. The number of hydrogen-bond donors (Lipinski definition) is 0. The molecule has 20 heavy (non-hydrogen) atoms. The van der Waals surface area contributed by atoms with E-state index in [1.54, 1.807) is 12.1 Å². The van der Waals surface area contributed by atoms with Crippen LogP contribution in [0.3, 0.4) is 0 Å². The zero-order valence-corrected chi connectivity index (χ0v) is 12.9. The highest BCUT2D eigenvalue weighted by Gasteiger charge is 2.24. The molecule has 0 saturated heterocycles. The first-order valence-electron chi connectivity index (χ1n) is 6.67. The van der Waals surface area contributed by atoms with Crippen LogP contribution in [0.2, 0.25) is 10.0 Å². The first-order chi connectivity index (χ1) is 9.60. The Hall–Kier alpha value is -1.06. The van der Waals surface area contributed by atoms with Crippen LogP contribution in [0.1, 0.15) is 37.7 Å². The molecule has 0 heterocycles. The fourth-order valence-electron chi connectivity index (χ4n) is 2.03. The van der Waals surface area contributed by atoms with Gasteiger partial charge in [-0.05, 0) is 30.9 Å². The minimum Gasteiger partial charge on any atom is -0.399 e. The lowest BCUT2D eigenvalue weighted by Gasteiger charge is -2.07. The first kappa shape index (κ1) is 15.3. The molecular weight excluding hydrogens is 297 g/mol. The van der Waals surface area contributed by atoms with Gasteiger partial charge in [-0.2, -0.15) is 0 Å². The van der Waals surface area contributed by atoms with Crippen molar-refractivity contribution in [3.63, 3.8) is 0 Å². The third-order valence-corrected chi connectivity index (χ3v) is 4.05. The van der Waals surface area contributed by atoms with Gasteiger partial charge in [0.25, 0.3) is 0 Å². The van der Waals surface area contributed by atoms with E-state index < -0.39 is 0 Å². The quantitative estimate of drug-likeness (QED) is 0.549. The highest BCUT2D eigenvalue weighted by molar-refractivity contribution is 6.42. The van der Waals surface area contributed by atoms with E-state index in [9.17, 15) is 4.79 Å². The molecule has 0 radical (unpaired) electrons. The van der Waals surface area contributed by atoms with Crippen molar-refractivity contribution in [2.24, 2.45) is 11.1 Å². The highest BCUT2D eigenvalue weighted by atomic mass is 35.5. The van der Waals surface area contributed by atoms with Crippen LogP contribution in [0.4, 0.5) is 0 Å². The lowest BCUT2D eigenvalue weighted by molar-refractivity contribution is -0.119. The molecule has 108 valence electrons. The minimum atomic E-state index is 0.288. The molecule has 5 heteroatoms. The van der Waals surface area contributed by atoms with Crippen molar-refractivity contribution < 1.29 is 9.63 Å². The van der Waals surface area contributed by atoms with E-state index in [1.165, 1.54) is 20.0 Å². The largest absolute Gasteiger partial charge is 0.399 e. The lowest BCUT2D eigenvalue weighted by Crippen LogP contribution is -2.07. The molecule has 0 atom stereocenters. The van der Waals surface area contributed by atoms with Crippen molar-refractivity contribution in [3.05, 3.63) is 33.8 Å². The van der Waals surface area contributed by atoms with Crippen LogP contribution in [-0.2, 0) is 9.63 Å². The van der Waals surface area contributed by atoms with Crippen LogP contribution >= 0.6 is 23.2 Å². The summed E-state index contributed by atoms with van der Waals surface area (Å²) >= 11 is 11.9. The molecule has 1 fully saturated rings. The molecule has 0 aromatic heterocycles. The summed E-state index contributed by atoms with van der Waals surface area (Å²) in [6.45, 7) is 0. The van der Waals surface area contributed by atoms with E-state index in [1.807, 2.05) is 6.07 Å². The van der Waals surface area contributed by atoms with Gasteiger partial charge in [-0.1, -0.05) is 34.4 Å². The van der Waals surface area contributed by atoms with Gasteiger partial charge in [0.05, 0.1) is 15.8 Å². The van der Waals surface area contributed by atoms with Crippen molar-refractivity contribution in [1.82, 2.24) is 0 Å². The maximum atomic E-state index is 11.8. The predicted octanol–water partition coefficient (Wildman–Crippen LogP) is 4.49. The average Bonchev–Trinajstić information content (AvgIpc) is 3.22. The van der Waals surface area contributed by atoms with Gasteiger partial charge in [-0.25, -0.2) is 0 Å². The van der Waals surface area contributed by atoms with E-state index in [-0.39, 0.29) is 5.78 Å².